The molecule has 0 amide bonds. The first-order valence-corrected chi connectivity index (χ1v) is 8.87. The van der Waals surface area contributed by atoms with Crippen LogP contribution in [0.1, 0.15) is 11.4 Å². The molecule has 1 N–H and O–H groups in total. The van der Waals surface area contributed by atoms with Gasteiger partial charge in [-0.1, -0.05) is 17.7 Å². The Labute approximate surface area is 140 Å². The van der Waals surface area contributed by atoms with Crippen molar-refractivity contribution in [3.63, 3.8) is 0 Å². The van der Waals surface area contributed by atoms with Crippen LogP contribution >= 0.6 is 11.6 Å². The Morgan fingerprint density at radius 1 is 1.17 bits per heavy atom. The van der Waals surface area contributed by atoms with E-state index in [0.29, 0.717) is 16.3 Å². The molecule has 0 saturated heterocycles. The summed E-state index contributed by atoms with van der Waals surface area (Å²) in [5.74, 6) is 0.866. The van der Waals surface area contributed by atoms with E-state index >= 15 is 0 Å². The summed E-state index contributed by atoms with van der Waals surface area (Å²) in [5, 5.41) is 0.420. The van der Waals surface area contributed by atoms with Gasteiger partial charge in [0.25, 0.3) is 10.0 Å². The van der Waals surface area contributed by atoms with Crippen LogP contribution in [0.4, 0.5) is 5.69 Å². The number of anilines is 1. The van der Waals surface area contributed by atoms with Crippen molar-refractivity contribution in [2.45, 2.75) is 18.7 Å². The molecule has 3 rings (SSSR count). The number of sulfonamides is 1. The Kier molecular flexibility index (Phi) is 3.82. The fourth-order valence-corrected chi connectivity index (χ4v) is 4.02. The third-order valence-corrected chi connectivity index (χ3v) is 5.80. The van der Waals surface area contributed by atoms with Crippen LogP contribution in [-0.4, -0.2) is 18.0 Å². The van der Waals surface area contributed by atoms with Gasteiger partial charge >= 0.3 is 0 Å². The fourth-order valence-electron chi connectivity index (χ4n) is 2.47. The number of aromatic nitrogens is 2. The fraction of sp³-hybridized carbons (Fsp3) is 0.188. The van der Waals surface area contributed by atoms with Crippen LogP contribution in [0.5, 0.6) is 0 Å². The molecule has 0 spiro atoms. The third-order valence-electron chi connectivity index (χ3n) is 3.86. The van der Waals surface area contributed by atoms with Crippen molar-refractivity contribution in [1.29, 1.82) is 0 Å². The highest BCUT2D eigenvalue weighted by Gasteiger charge is 2.18. The number of benzene rings is 2. The van der Waals surface area contributed by atoms with E-state index < -0.39 is 10.0 Å². The van der Waals surface area contributed by atoms with Gasteiger partial charge in [-0.2, -0.15) is 0 Å². The van der Waals surface area contributed by atoms with Crippen LogP contribution in [0.25, 0.3) is 11.0 Å². The number of imidazole rings is 1. The SMILES string of the molecule is Cc1c(Cl)cccc1S(=O)(=O)Nc1ccc2c(c1)nc(C)n2C. The lowest BCUT2D eigenvalue weighted by molar-refractivity contribution is 0.600. The number of aryl methyl sites for hydroxylation is 2. The molecule has 120 valence electrons. The summed E-state index contributed by atoms with van der Waals surface area (Å²) in [6, 6.07) is 10.1. The molecule has 7 heteroatoms. The lowest BCUT2D eigenvalue weighted by atomic mass is 10.2. The van der Waals surface area contributed by atoms with E-state index in [1.807, 2.05) is 24.6 Å². The van der Waals surface area contributed by atoms with Gasteiger partial charge in [-0.05, 0) is 49.7 Å². The van der Waals surface area contributed by atoms with Crippen molar-refractivity contribution in [3.8, 4) is 0 Å². The molecule has 1 aromatic heterocycles. The average Bonchev–Trinajstić information content (AvgIpc) is 2.76. The first kappa shape index (κ1) is 15.8. The summed E-state index contributed by atoms with van der Waals surface area (Å²) >= 11 is 6.02. The molecule has 0 aliphatic rings. The van der Waals surface area contributed by atoms with Gasteiger partial charge in [0.1, 0.15) is 5.82 Å². The quantitative estimate of drug-likeness (QED) is 0.785. The molecule has 3 aromatic rings. The largest absolute Gasteiger partial charge is 0.331 e. The number of halogens is 1. The first-order chi connectivity index (χ1) is 10.8. The lowest BCUT2D eigenvalue weighted by Gasteiger charge is -2.11. The van der Waals surface area contributed by atoms with Gasteiger partial charge in [0.2, 0.25) is 0 Å². The summed E-state index contributed by atoms with van der Waals surface area (Å²) in [6.07, 6.45) is 0. The Hall–Kier alpha value is -2.05. The standard InChI is InChI=1S/C16H16ClN3O2S/c1-10-13(17)5-4-6-16(10)23(21,22)19-12-7-8-15-14(9-12)18-11(2)20(15)3/h4-9,19H,1-3H3. The highest BCUT2D eigenvalue weighted by molar-refractivity contribution is 7.92. The predicted octanol–water partition coefficient (Wildman–Crippen LogP) is 3.64. The first-order valence-electron chi connectivity index (χ1n) is 7.00. The Balaban J connectivity index is 2.02. The predicted molar refractivity (Wildman–Crippen MR) is 92.4 cm³/mol. The van der Waals surface area contributed by atoms with Crippen molar-refractivity contribution >= 4 is 38.3 Å². The van der Waals surface area contributed by atoms with E-state index in [1.54, 1.807) is 31.2 Å². The Bertz CT molecular complexity index is 1010. The minimum atomic E-state index is -3.71. The van der Waals surface area contributed by atoms with Crippen LogP contribution in [0.2, 0.25) is 5.02 Å². The molecule has 0 saturated carbocycles. The molecule has 0 atom stereocenters. The van der Waals surface area contributed by atoms with E-state index in [9.17, 15) is 8.42 Å². The van der Waals surface area contributed by atoms with Crippen molar-refractivity contribution < 1.29 is 8.42 Å². The van der Waals surface area contributed by atoms with E-state index in [0.717, 1.165) is 16.9 Å². The summed E-state index contributed by atoms with van der Waals surface area (Å²) in [5.41, 5.74) is 2.68. The number of fused-ring (bicyclic) bond motifs is 1. The van der Waals surface area contributed by atoms with E-state index in [2.05, 4.69) is 9.71 Å². The lowest BCUT2D eigenvalue weighted by Crippen LogP contribution is -2.14. The van der Waals surface area contributed by atoms with Crippen LogP contribution in [0.15, 0.2) is 41.3 Å². The van der Waals surface area contributed by atoms with Crippen molar-refractivity contribution in [1.82, 2.24) is 9.55 Å². The summed E-state index contributed by atoms with van der Waals surface area (Å²) < 4.78 is 29.7. The monoisotopic (exact) mass is 349 g/mol. The molecule has 0 aliphatic carbocycles. The van der Waals surface area contributed by atoms with Crippen LogP contribution in [0.3, 0.4) is 0 Å². The number of nitrogens with one attached hydrogen (secondary N) is 1. The molecule has 0 unspecified atom stereocenters. The van der Waals surface area contributed by atoms with Gasteiger partial charge in [0.05, 0.1) is 21.6 Å². The molecule has 0 aliphatic heterocycles. The summed E-state index contributed by atoms with van der Waals surface area (Å²) in [6.45, 7) is 3.58. The average molecular weight is 350 g/mol. The van der Waals surface area contributed by atoms with Crippen molar-refractivity contribution in [2.24, 2.45) is 7.05 Å². The van der Waals surface area contributed by atoms with Crippen LogP contribution in [-0.2, 0) is 17.1 Å². The molecule has 0 bridgehead atoms. The van der Waals surface area contributed by atoms with Gasteiger partial charge in [0.15, 0.2) is 0 Å². The molecule has 2 aromatic carbocycles. The third kappa shape index (κ3) is 2.80. The number of hydrogen-bond acceptors (Lipinski definition) is 3. The maximum absolute atomic E-state index is 12.6. The van der Waals surface area contributed by atoms with E-state index in [1.165, 1.54) is 6.07 Å². The molecule has 1 heterocycles. The molecular formula is C16H16ClN3O2S. The summed E-state index contributed by atoms with van der Waals surface area (Å²) in [4.78, 5) is 4.58. The van der Waals surface area contributed by atoms with E-state index in [4.69, 9.17) is 11.6 Å². The van der Waals surface area contributed by atoms with Crippen LogP contribution in [0, 0.1) is 13.8 Å². The van der Waals surface area contributed by atoms with Gasteiger partial charge < -0.3 is 4.57 Å². The molecule has 0 radical (unpaired) electrons. The smallest absolute Gasteiger partial charge is 0.262 e. The van der Waals surface area contributed by atoms with Crippen molar-refractivity contribution in [2.75, 3.05) is 4.72 Å². The van der Waals surface area contributed by atoms with E-state index in [-0.39, 0.29) is 4.90 Å². The highest BCUT2D eigenvalue weighted by atomic mass is 35.5. The topological polar surface area (TPSA) is 64.0 Å². The van der Waals surface area contributed by atoms with Gasteiger partial charge in [-0.3, -0.25) is 4.72 Å². The number of rotatable bonds is 3. The molecular weight excluding hydrogens is 334 g/mol. The number of hydrogen-bond donors (Lipinski definition) is 1. The second-order valence-corrected chi connectivity index (χ2v) is 7.45. The molecule has 0 fully saturated rings. The highest BCUT2D eigenvalue weighted by Crippen LogP contribution is 2.26. The zero-order valence-corrected chi connectivity index (χ0v) is 14.5. The maximum Gasteiger partial charge on any atom is 0.262 e. The molecule has 5 nitrogen and oxygen atoms in total. The van der Waals surface area contributed by atoms with Crippen LogP contribution < -0.4 is 4.72 Å². The van der Waals surface area contributed by atoms with Gasteiger partial charge in [0, 0.05) is 12.1 Å². The minimum absolute atomic E-state index is 0.169. The zero-order chi connectivity index (χ0) is 16.8. The number of nitrogens with zero attached hydrogens (tertiary/aromatic N) is 2. The Morgan fingerprint density at radius 2 is 1.91 bits per heavy atom. The zero-order valence-electron chi connectivity index (χ0n) is 13.0. The van der Waals surface area contributed by atoms with Crippen molar-refractivity contribution in [3.05, 3.63) is 52.8 Å². The minimum Gasteiger partial charge on any atom is -0.331 e. The molecule has 23 heavy (non-hydrogen) atoms. The second-order valence-electron chi connectivity index (χ2n) is 5.39. The normalized spacial score (nSPS) is 11.8. The second kappa shape index (κ2) is 5.54. The summed E-state index contributed by atoms with van der Waals surface area (Å²) in [7, 11) is -1.79. The van der Waals surface area contributed by atoms with Gasteiger partial charge in [-0.15, -0.1) is 0 Å². The van der Waals surface area contributed by atoms with Gasteiger partial charge in [-0.25, -0.2) is 13.4 Å². The maximum atomic E-state index is 12.6. The Morgan fingerprint density at radius 3 is 2.65 bits per heavy atom.